The van der Waals surface area contributed by atoms with E-state index in [1.807, 2.05) is 6.92 Å². The van der Waals surface area contributed by atoms with E-state index in [0.717, 1.165) is 49.2 Å². The Balaban J connectivity index is 1.40. The molecule has 28 heavy (non-hydrogen) atoms. The van der Waals surface area contributed by atoms with Crippen LogP contribution in [0.15, 0.2) is 29.6 Å². The molecule has 0 bridgehead atoms. The van der Waals surface area contributed by atoms with E-state index in [9.17, 15) is 4.79 Å². The zero-order valence-corrected chi connectivity index (χ0v) is 16.3. The molecular weight excluding hydrogens is 354 g/mol. The largest absolute Gasteiger partial charge is 0.356 e. The maximum atomic E-state index is 12.7. The van der Waals surface area contributed by atoms with Crippen LogP contribution in [0.5, 0.6) is 0 Å². The molecule has 3 aromatic rings. The molecule has 0 aromatic carbocycles. The first-order valence-corrected chi connectivity index (χ1v) is 9.61. The summed E-state index contributed by atoms with van der Waals surface area (Å²) in [4.78, 5) is 35.0. The molecule has 5 rings (SSSR count). The Labute approximate surface area is 162 Å². The van der Waals surface area contributed by atoms with Gasteiger partial charge in [0.1, 0.15) is 12.1 Å². The zero-order chi connectivity index (χ0) is 19.4. The second-order valence-electron chi connectivity index (χ2n) is 7.91. The van der Waals surface area contributed by atoms with E-state index in [0.29, 0.717) is 22.7 Å². The first-order chi connectivity index (χ1) is 13.5. The molecule has 8 heteroatoms. The Morgan fingerprint density at radius 3 is 2.50 bits per heavy atom. The van der Waals surface area contributed by atoms with Crippen molar-refractivity contribution in [3.63, 3.8) is 0 Å². The fourth-order valence-corrected chi connectivity index (χ4v) is 4.57. The van der Waals surface area contributed by atoms with Crippen molar-refractivity contribution in [3.8, 4) is 0 Å². The predicted octanol–water partition coefficient (Wildman–Crippen LogP) is 1.31. The van der Waals surface area contributed by atoms with Gasteiger partial charge >= 0.3 is 0 Å². The van der Waals surface area contributed by atoms with Crippen molar-refractivity contribution in [2.75, 3.05) is 36.0 Å². The minimum absolute atomic E-state index is 0.0202. The molecule has 2 saturated heterocycles. The average Bonchev–Trinajstić information content (AvgIpc) is 3.26. The lowest BCUT2D eigenvalue weighted by molar-refractivity contribution is 0.533. The summed E-state index contributed by atoms with van der Waals surface area (Å²) < 4.78 is 1.67. The van der Waals surface area contributed by atoms with Gasteiger partial charge in [-0.2, -0.15) is 0 Å². The lowest BCUT2D eigenvalue weighted by Gasteiger charge is -2.25. The van der Waals surface area contributed by atoms with E-state index in [-0.39, 0.29) is 5.56 Å². The summed E-state index contributed by atoms with van der Waals surface area (Å²) >= 11 is 0. The average molecular weight is 377 g/mol. The van der Waals surface area contributed by atoms with Gasteiger partial charge in [0.25, 0.3) is 5.56 Å². The van der Waals surface area contributed by atoms with E-state index in [1.165, 1.54) is 0 Å². The van der Waals surface area contributed by atoms with Crippen LogP contribution in [0.25, 0.3) is 10.9 Å². The number of pyridine rings is 1. The highest BCUT2D eigenvalue weighted by Crippen LogP contribution is 2.36. The SMILES string of the molecule is Cc1ncnc(N2CC3CN(c4nc5cnccc5c(=O)n4C)CC3C2)c1C. The third-order valence-electron chi connectivity index (χ3n) is 6.23. The smallest absolute Gasteiger partial charge is 0.262 e. The second kappa shape index (κ2) is 6.25. The van der Waals surface area contributed by atoms with E-state index in [2.05, 4.69) is 31.7 Å². The van der Waals surface area contributed by atoms with Crippen LogP contribution in [-0.4, -0.2) is 50.7 Å². The van der Waals surface area contributed by atoms with Gasteiger partial charge in [0.2, 0.25) is 5.95 Å². The van der Waals surface area contributed by atoms with Gasteiger partial charge in [-0.25, -0.2) is 15.0 Å². The van der Waals surface area contributed by atoms with Crippen molar-refractivity contribution in [1.29, 1.82) is 0 Å². The first kappa shape index (κ1) is 17.1. The summed E-state index contributed by atoms with van der Waals surface area (Å²) in [6, 6.07) is 1.73. The van der Waals surface area contributed by atoms with Crippen LogP contribution in [0, 0.1) is 25.7 Å². The topological polar surface area (TPSA) is 80.0 Å². The quantitative estimate of drug-likeness (QED) is 0.666. The minimum Gasteiger partial charge on any atom is -0.356 e. The van der Waals surface area contributed by atoms with Crippen molar-refractivity contribution in [1.82, 2.24) is 24.5 Å². The predicted molar refractivity (Wildman–Crippen MR) is 108 cm³/mol. The molecule has 0 aliphatic carbocycles. The Kier molecular flexibility index (Phi) is 3.82. The van der Waals surface area contributed by atoms with Crippen molar-refractivity contribution in [2.45, 2.75) is 13.8 Å². The van der Waals surface area contributed by atoms with Gasteiger partial charge in [-0.3, -0.25) is 14.3 Å². The highest BCUT2D eigenvalue weighted by Gasteiger charge is 2.42. The Bertz CT molecular complexity index is 1110. The van der Waals surface area contributed by atoms with E-state index >= 15 is 0 Å². The van der Waals surface area contributed by atoms with Gasteiger partial charge in [-0.15, -0.1) is 0 Å². The third-order valence-corrected chi connectivity index (χ3v) is 6.23. The molecule has 2 aliphatic rings. The van der Waals surface area contributed by atoms with Crippen molar-refractivity contribution >= 4 is 22.7 Å². The molecule has 2 aliphatic heterocycles. The number of fused-ring (bicyclic) bond motifs is 2. The second-order valence-corrected chi connectivity index (χ2v) is 7.91. The van der Waals surface area contributed by atoms with Gasteiger partial charge in [0.15, 0.2) is 0 Å². The molecule has 0 saturated carbocycles. The van der Waals surface area contributed by atoms with Crippen LogP contribution in [0.3, 0.4) is 0 Å². The van der Waals surface area contributed by atoms with Gasteiger partial charge in [-0.05, 0) is 19.9 Å². The molecule has 144 valence electrons. The van der Waals surface area contributed by atoms with Gasteiger partial charge in [0.05, 0.1) is 17.1 Å². The number of aromatic nitrogens is 5. The van der Waals surface area contributed by atoms with E-state index in [4.69, 9.17) is 4.98 Å². The molecule has 8 nitrogen and oxygen atoms in total. The zero-order valence-electron chi connectivity index (χ0n) is 16.3. The molecule has 2 atom stereocenters. The Morgan fingerprint density at radius 1 is 1.04 bits per heavy atom. The van der Waals surface area contributed by atoms with Crippen molar-refractivity contribution < 1.29 is 0 Å². The van der Waals surface area contributed by atoms with Crippen LogP contribution in [0.2, 0.25) is 0 Å². The number of rotatable bonds is 2. The number of hydrogen-bond acceptors (Lipinski definition) is 7. The van der Waals surface area contributed by atoms with Gasteiger partial charge in [-0.1, -0.05) is 0 Å². The maximum Gasteiger partial charge on any atom is 0.262 e. The summed E-state index contributed by atoms with van der Waals surface area (Å²) in [5, 5.41) is 0.612. The van der Waals surface area contributed by atoms with E-state index in [1.54, 1.807) is 36.4 Å². The summed E-state index contributed by atoms with van der Waals surface area (Å²) in [5.41, 5.74) is 2.83. The molecule has 0 spiro atoms. The summed E-state index contributed by atoms with van der Waals surface area (Å²) in [6.45, 7) is 7.86. The monoisotopic (exact) mass is 377 g/mol. The highest BCUT2D eigenvalue weighted by molar-refractivity contribution is 5.77. The van der Waals surface area contributed by atoms with Crippen LogP contribution < -0.4 is 15.4 Å². The molecule has 5 heterocycles. The first-order valence-electron chi connectivity index (χ1n) is 9.61. The van der Waals surface area contributed by atoms with Gasteiger partial charge in [0, 0.05) is 62.5 Å². The molecule has 2 unspecified atom stereocenters. The summed E-state index contributed by atoms with van der Waals surface area (Å²) in [7, 11) is 1.80. The molecule has 2 fully saturated rings. The number of anilines is 2. The van der Waals surface area contributed by atoms with Crippen molar-refractivity contribution in [3.05, 3.63) is 46.4 Å². The van der Waals surface area contributed by atoms with E-state index < -0.39 is 0 Å². The molecule has 0 amide bonds. The molecular formula is C20H23N7O. The fraction of sp³-hybridized carbons (Fsp3) is 0.450. The van der Waals surface area contributed by atoms with Crippen molar-refractivity contribution in [2.24, 2.45) is 18.9 Å². The fourth-order valence-electron chi connectivity index (χ4n) is 4.57. The Hall–Kier alpha value is -3.03. The van der Waals surface area contributed by atoms with Crippen LogP contribution >= 0.6 is 0 Å². The van der Waals surface area contributed by atoms with Crippen LogP contribution in [-0.2, 0) is 7.05 Å². The van der Waals surface area contributed by atoms with Gasteiger partial charge < -0.3 is 9.80 Å². The Morgan fingerprint density at radius 2 is 1.75 bits per heavy atom. The normalized spacial score (nSPS) is 21.5. The number of nitrogens with zero attached hydrogens (tertiary/aromatic N) is 7. The molecule has 0 N–H and O–H groups in total. The summed E-state index contributed by atoms with van der Waals surface area (Å²) in [5.74, 6) is 2.86. The van der Waals surface area contributed by atoms with Crippen LogP contribution in [0.1, 0.15) is 11.3 Å². The minimum atomic E-state index is -0.0202. The number of hydrogen-bond donors (Lipinski definition) is 0. The lowest BCUT2D eigenvalue weighted by atomic mass is 10.0. The maximum absolute atomic E-state index is 12.7. The number of aryl methyl sites for hydroxylation is 1. The standard InChI is InChI=1S/C20H23N7O/c1-12-13(2)22-11-23-18(12)26-7-14-9-27(10-15(14)8-26)20-24-17-6-21-5-4-16(17)19(28)25(20)3/h4-6,11,14-15H,7-10H2,1-3H3. The van der Waals surface area contributed by atoms with Crippen LogP contribution in [0.4, 0.5) is 11.8 Å². The third kappa shape index (κ3) is 2.55. The molecule has 0 radical (unpaired) electrons. The highest BCUT2D eigenvalue weighted by atomic mass is 16.1. The lowest BCUT2D eigenvalue weighted by Crippen LogP contribution is -2.34. The summed E-state index contributed by atoms with van der Waals surface area (Å²) in [6.07, 6.45) is 4.96. The molecule has 3 aromatic heterocycles.